The minimum Gasteiger partial charge on any atom is -0.462 e. The first-order valence-electron chi connectivity index (χ1n) is 6.50. The highest BCUT2D eigenvalue weighted by Gasteiger charge is 2.27. The second-order valence-corrected chi connectivity index (χ2v) is 5.38. The molecule has 0 bridgehead atoms. The number of rotatable bonds is 9. The summed E-state index contributed by atoms with van der Waals surface area (Å²) in [6, 6.07) is 0. The number of carbonyl (C=O) groups excluding carboxylic acids is 1. The minimum absolute atomic E-state index is 0.110. The molecule has 0 spiro atoms. The van der Waals surface area contributed by atoms with E-state index in [9.17, 15) is 4.79 Å². The third-order valence-electron chi connectivity index (χ3n) is 2.64. The zero-order chi connectivity index (χ0) is 14.7. The Balaban J connectivity index is 4.72. The van der Waals surface area contributed by atoms with Gasteiger partial charge in [0.05, 0.1) is 19.4 Å². The van der Waals surface area contributed by atoms with Crippen LogP contribution in [-0.4, -0.2) is 43.4 Å². The number of carbonyl (C=O) groups is 1. The second kappa shape index (κ2) is 9.36. The van der Waals surface area contributed by atoms with Crippen LogP contribution in [0.4, 0.5) is 0 Å². The predicted molar refractivity (Wildman–Crippen MR) is 80.3 cm³/mol. The summed E-state index contributed by atoms with van der Waals surface area (Å²) in [5.74, 6) is 0. The molecule has 0 aliphatic carbocycles. The number of hydrogen-bond acceptors (Lipinski definition) is 3. The smallest absolute Gasteiger partial charge is 0.293 e. The average molecular weight is 266 g/mol. The number of hydrogen-bond donors (Lipinski definition) is 0. The number of allylic oxidation sites excluding steroid dienone is 1. The fraction of sp³-hybridized carbons (Fsp3) is 0.600. The van der Waals surface area contributed by atoms with Crippen LogP contribution in [-0.2, 0) is 9.53 Å². The van der Waals surface area contributed by atoms with E-state index in [1.54, 1.807) is 12.4 Å². The Bertz CT molecular complexity index is 317. The van der Waals surface area contributed by atoms with Crippen molar-refractivity contribution in [1.82, 2.24) is 4.90 Å². The molecule has 0 saturated carbocycles. The molecule has 4 nitrogen and oxygen atoms in total. The Kier molecular flexibility index (Phi) is 8.58. The van der Waals surface area contributed by atoms with Crippen molar-refractivity contribution >= 4 is 12.8 Å². The zero-order valence-electron chi connectivity index (χ0n) is 12.5. The Morgan fingerprint density at radius 2 is 2.11 bits per heavy atom. The van der Waals surface area contributed by atoms with Crippen LogP contribution in [0.3, 0.4) is 0 Å². The van der Waals surface area contributed by atoms with E-state index >= 15 is 0 Å². The molecule has 0 unspecified atom stereocenters. The van der Waals surface area contributed by atoms with Crippen LogP contribution in [0.2, 0.25) is 0 Å². The van der Waals surface area contributed by atoms with Crippen molar-refractivity contribution < 1.29 is 9.53 Å². The van der Waals surface area contributed by atoms with Gasteiger partial charge in [0.1, 0.15) is 6.10 Å². The molecule has 0 aromatic carbocycles. The first-order chi connectivity index (χ1) is 8.95. The largest absolute Gasteiger partial charge is 0.462 e. The van der Waals surface area contributed by atoms with Crippen molar-refractivity contribution in [3.63, 3.8) is 0 Å². The Morgan fingerprint density at radius 1 is 1.42 bits per heavy atom. The van der Waals surface area contributed by atoms with Gasteiger partial charge in [0, 0.05) is 12.0 Å². The fourth-order valence-corrected chi connectivity index (χ4v) is 1.45. The Hall–Kier alpha value is -1.58. The number of ether oxygens (including phenoxy) is 1. The number of nitrogens with zero attached hydrogens (tertiary/aromatic N) is 2. The predicted octanol–water partition coefficient (Wildman–Crippen LogP) is 2.67. The van der Waals surface area contributed by atoms with Crippen LogP contribution in [0.1, 0.15) is 27.7 Å². The normalized spacial score (nSPS) is 13.7. The highest BCUT2D eigenvalue weighted by molar-refractivity contribution is 5.55. The molecule has 0 aliphatic rings. The van der Waals surface area contributed by atoms with E-state index in [1.807, 2.05) is 24.0 Å². The van der Waals surface area contributed by atoms with E-state index in [-0.39, 0.29) is 11.5 Å². The fourth-order valence-electron chi connectivity index (χ4n) is 1.45. The molecule has 0 heterocycles. The third-order valence-corrected chi connectivity index (χ3v) is 2.64. The summed E-state index contributed by atoms with van der Waals surface area (Å²) in [5.41, 5.74) is -0.110. The van der Waals surface area contributed by atoms with Gasteiger partial charge in [0.25, 0.3) is 6.47 Å². The van der Waals surface area contributed by atoms with E-state index in [0.29, 0.717) is 19.6 Å². The van der Waals surface area contributed by atoms with E-state index in [2.05, 4.69) is 32.3 Å². The second-order valence-electron chi connectivity index (χ2n) is 5.38. The minimum atomic E-state index is -0.176. The van der Waals surface area contributed by atoms with Gasteiger partial charge in [0.2, 0.25) is 0 Å². The highest BCUT2D eigenvalue weighted by atomic mass is 16.5. The van der Waals surface area contributed by atoms with Crippen molar-refractivity contribution in [3.05, 3.63) is 24.8 Å². The van der Waals surface area contributed by atoms with Gasteiger partial charge in [-0.1, -0.05) is 39.0 Å². The monoisotopic (exact) mass is 266 g/mol. The van der Waals surface area contributed by atoms with Crippen molar-refractivity contribution in [2.45, 2.75) is 33.8 Å². The van der Waals surface area contributed by atoms with Crippen molar-refractivity contribution in [2.24, 2.45) is 10.4 Å². The van der Waals surface area contributed by atoms with Gasteiger partial charge in [-0.25, -0.2) is 0 Å². The molecule has 108 valence electrons. The lowest BCUT2D eigenvalue weighted by molar-refractivity contribution is -0.139. The van der Waals surface area contributed by atoms with Crippen molar-refractivity contribution in [2.75, 3.05) is 19.6 Å². The summed E-state index contributed by atoms with van der Waals surface area (Å²) in [7, 11) is 0. The molecule has 0 rings (SSSR count). The average Bonchev–Trinajstić information content (AvgIpc) is 2.34. The molecule has 0 saturated heterocycles. The van der Waals surface area contributed by atoms with E-state index in [1.165, 1.54) is 0 Å². The molecule has 4 heteroatoms. The molecular formula is C15H26N2O2. The van der Waals surface area contributed by atoms with Gasteiger partial charge >= 0.3 is 0 Å². The summed E-state index contributed by atoms with van der Waals surface area (Å²) in [6.45, 7) is 14.2. The molecule has 0 fully saturated rings. The Labute approximate surface area is 116 Å². The molecule has 0 amide bonds. The van der Waals surface area contributed by atoms with Gasteiger partial charge in [-0.15, -0.1) is 6.58 Å². The zero-order valence-corrected chi connectivity index (χ0v) is 12.5. The third kappa shape index (κ3) is 8.19. The van der Waals surface area contributed by atoms with Crippen LogP contribution < -0.4 is 0 Å². The number of aliphatic imine (C=N–C) groups is 1. The molecule has 0 aromatic heterocycles. The van der Waals surface area contributed by atoms with E-state index in [0.717, 1.165) is 6.54 Å². The van der Waals surface area contributed by atoms with Crippen LogP contribution in [0.15, 0.2) is 29.8 Å². The first kappa shape index (κ1) is 17.4. The van der Waals surface area contributed by atoms with Crippen molar-refractivity contribution in [1.29, 1.82) is 0 Å². The quantitative estimate of drug-likeness (QED) is 0.279. The lowest BCUT2D eigenvalue weighted by Gasteiger charge is -2.32. The van der Waals surface area contributed by atoms with Gasteiger partial charge in [-0.05, 0) is 6.92 Å². The summed E-state index contributed by atoms with van der Waals surface area (Å²) in [6.07, 6.45) is 7.38. The van der Waals surface area contributed by atoms with Crippen LogP contribution >= 0.6 is 0 Å². The van der Waals surface area contributed by atoms with E-state index < -0.39 is 0 Å². The first-order valence-corrected chi connectivity index (χ1v) is 6.50. The van der Waals surface area contributed by atoms with Crippen LogP contribution in [0.25, 0.3) is 0 Å². The molecule has 0 N–H and O–H groups in total. The molecule has 0 aromatic rings. The van der Waals surface area contributed by atoms with Gasteiger partial charge in [0.15, 0.2) is 0 Å². The maximum atomic E-state index is 10.6. The summed E-state index contributed by atoms with van der Waals surface area (Å²) >= 11 is 0. The molecule has 1 atom stereocenters. The van der Waals surface area contributed by atoms with E-state index in [4.69, 9.17) is 4.74 Å². The molecule has 0 aliphatic heterocycles. The summed E-state index contributed by atoms with van der Waals surface area (Å²) in [4.78, 5) is 16.9. The highest BCUT2D eigenvalue weighted by Crippen LogP contribution is 2.22. The Morgan fingerprint density at radius 3 is 2.58 bits per heavy atom. The van der Waals surface area contributed by atoms with Gasteiger partial charge in [-0.3, -0.25) is 9.79 Å². The summed E-state index contributed by atoms with van der Waals surface area (Å²) in [5, 5.41) is 0. The standard InChI is InChI=1S/C15H26N2O2/c1-6-8-10-17(12-16-9-7-2)11-14(19-13-18)15(3,4)5/h6-8,12-14H,2,9-11H2,1,3-5H3/b8-6-,16-12?/t14-/m1/s1. The van der Waals surface area contributed by atoms with Gasteiger partial charge in [-0.2, -0.15) is 0 Å². The topological polar surface area (TPSA) is 41.9 Å². The van der Waals surface area contributed by atoms with Gasteiger partial charge < -0.3 is 9.64 Å². The van der Waals surface area contributed by atoms with Crippen LogP contribution in [0, 0.1) is 5.41 Å². The summed E-state index contributed by atoms with van der Waals surface area (Å²) < 4.78 is 5.20. The lowest BCUT2D eigenvalue weighted by Crippen LogP contribution is -2.41. The lowest BCUT2D eigenvalue weighted by atomic mass is 9.88. The molecular weight excluding hydrogens is 240 g/mol. The molecule has 19 heavy (non-hydrogen) atoms. The van der Waals surface area contributed by atoms with Crippen LogP contribution in [0.5, 0.6) is 0 Å². The maximum Gasteiger partial charge on any atom is 0.293 e. The maximum absolute atomic E-state index is 10.6. The molecule has 0 radical (unpaired) electrons. The van der Waals surface area contributed by atoms with Crippen molar-refractivity contribution in [3.8, 4) is 0 Å². The SMILES string of the molecule is C=CCN=CN(C/C=C\C)C[C@@H](OC=O)C(C)(C)C.